The average Bonchev–Trinajstić information content (AvgIpc) is 2.95. The number of ether oxygens (including phenoxy) is 1. The standard InChI is InChI=1S/C28H29Cl2N3O5/c29-21-9-8-20(24(30)16-21)18-38-23-10-6-19(7-11-23)17-31-27(36)25(34)26(35)28(37)33-14-12-32(13-15-33)22-4-2-1-3-5-22/h1-11,16,25-26,34-35H,12-15,17-18H2,(H,31,36)/t25-,26-/m1/s1. The first-order valence-corrected chi connectivity index (χ1v) is 13.0. The van der Waals surface area contributed by atoms with Gasteiger partial charge in [0.15, 0.2) is 12.2 Å². The molecule has 1 aliphatic rings. The number of nitrogens with zero attached hydrogens (tertiary/aromatic N) is 2. The predicted molar refractivity (Wildman–Crippen MR) is 146 cm³/mol. The fraction of sp³-hybridized carbons (Fsp3) is 0.286. The van der Waals surface area contributed by atoms with Crippen LogP contribution in [0.2, 0.25) is 10.0 Å². The summed E-state index contributed by atoms with van der Waals surface area (Å²) in [5.41, 5.74) is 2.61. The zero-order valence-corrected chi connectivity index (χ0v) is 22.1. The van der Waals surface area contributed by atoms with Gasteiger partial charge < -0.3 is 30.1 Å². The third-order valence-corrected chi connectivity index (χ3v) is 6.92. The zero-order valence-electron chi connectivity index (χ0n) is 20.6. The molecule has 0 aliphatic carbocycles. The van der Waals surface area contributed by atoms with Crippen molar-refractivity contribution in [3.63, 3.8) is 0 Å². The maximum atomic E-state index is 12.7. The SMILES string of the molecule is O=C(NCc1ccc(OCc2ccc(Cl)cc2Cl)cc1)[C@H](O)[C@@H](O)C(=O)N1CCN(c2ccccc2)CC1. The number of hydrogen-bond acceptors (Lipinski definition) is 6. The summed E-state index contributed by atoms with van der Waals surface area (Å²) in [4.78, 5) is 28.7. The Hall–Kier alpha value is -3.30. The highest BCUT2D eigenvalue weighted by Crippen LogP contribution is 2.23. The van der Waals surface area contributed by atoms with Crippen LogP contribution in [0.1, 0.15) is 11.1 Å². The van der Waals surface area contributed by atoms with E-state index in [0.717, 1.165) is 16.8 Å². The Bertz CT molecular complexity index is 1230. The van der Waals surface area contributed by atoms with Crippen molar-refractivity contribution in [1.29, 1.82) is 0 Å². The van der Waals surface area contributed by atoms with Crippen molar-refractivity contribution in [2.24, 2.45) is 0 Å². The van der Waals surface area contributed by atoms with Crippen LogP contribution in [0.15, 0.2) is 72.8 Å². The summed E-state index contributed by atoms with van der Waals surface area (Å²) < 4.78 is 5.75. The van der Waals surface area contributed by atoms with Gasteiger partial charge in [0, 0.05) is 54.0 Å². The largest absolute Gasteiger partial charge is 0.489 e. The fourth-order valence-corrected chi connectivity index (χ4v) is 4.55. The molecule has 2 amide bonds. The van der Waals surface area contributed by atoms with Crippen molar-refractivity contribution in [2.75, 3.05) is 31.1 Å². The number of carbonyl (C=O) groups is 2. The number of rotatable bonds is 9. The number of amides is 2. The van der Waals surface area contributed by atoms with Crippen LogP contribution >= 0.6 is 23.2 Å². The van der Waals surface area contributed by atoms with Gasteiger partial charge in [0.1, 0.15) is 12.4 Å². The van der Waals surface area contributed by atoms with Crippen LogP contribution in [0.3, 0.4) is 0 Å². The van der Waals surface area contributed by atoms with Crippen molar-refractivity contribution in [3.8, 4) is 5.75 Å². The van der Waals surface area contributed by atoms with Gasteiger partial charge in [0.2, 0.25) is 0 Å². The Morgan fingerprint density at radius 2 is 1.58 bits per heavy atom. The lowest BCUT2D eigenvalue weighted by atomic mass is 10.1. The Morgan fingerprint density at radius 3 is 2.24 bits per heavy atom. The van der Waals surface area contributed by atoms with Crippen molar-refractivity contribution < 1.29 is 24.5 Å². The van der Waals surface area contributed by atoms with Crippen molar-refractivity contribution in [2.45, 2.75) is 25.4 Å². The van der Waals surface area contributed by atoms with E-state index in [9.17, 15) is 19.8 Å². The summed E-state index contributed by atoms with van der Waals surface area (Å²) in [6, 6.07) is 22.0. The average molecular weight is 558 g/mol. The molecule has 3 aromatic rings. The molecule has 1 fully saturated rings. The van der Waals surface area contributed by atoms with Gasteiger partial charge in [-0.25, -0.2) is 0 Å². The molecule has 1 heterocycles. The minimum absolute atomic E-state index is 0.107. The van der Waals surface area contributed by atoms with E-state index in [1.54, 1.807) is 42.5 Å². The van der Waals surface area contributed by atoms with Gasteiger partial charge in [-0.2, -0.15) is 0 Å². The number of nitrogens with one attached hydrogen (secondary N) is 1. The summed E-state index contributed by atoms with van der Waals surface area (Å²) in [5.74, 6) is -0.881. The molecular formula is C28H29Cl2N3O5. The topological polar surface area (TPSA) is 102 Å². The summed E-state index contributed by atoms with van der Waals surface area (Å²) in [5, 5.41) is 24.3. The van der Waals surface area contributed by atoms with E-state index in [2.05, 4.69) is 10.2 Å². The monoisotopic (exact) mass is 557 g/mol. The number of para-hydroxylation sites is 1. The number of piperazine rings is 1. The van der Waals surface area contributed by atoms with E-state index in [-0.39, 0.29) is 13.2 Å². The van der Waals surface area contributed by atoms with Gasteiger partial charge in [0.25, 0.3) is 11.8 Å². The first-order chi connectivity index (χ1) is 18.3. The van der Waals surface area contributed by atoms with Crippen LogP contribution in [0.25, 0.3) is 0 Å². The molecular weight excluding hydrogens is 529 g/mol. The molecule has 0 saturated carbocycles. The number of carbonyl (C=O) groups excluding carboxylic acids is 2. The molecule has 0 unspecified atom stereocenters. The highest BCUT2D eigenvalue weighted by molar-refractivity contribution is 6.35. The van der Waals surface area contributed by atoms with E-state index in [1.807, 2.05) is 30.3 Å². The van der Waals surface area contributed by atoms with Gasteiger partial charge >= 0.3 is 0 Å². The number of aliphatic hydroxyl groups excluding tert-OH is 2. The molecule has 0 bridgehead atoms. The highest BCUT2D eigenvalue weighted by Gasteiger charge is 2.34. The number of benzene rings is 3. The number of anilines is 1. The third kappa shape index (κ3) is 7.17. The number of aliphatic hydroxyl groups is 2. The second kappa shape index (κ2) is 13.0. The zero-order chi connectivity index (χ0) is 27.1. The van der Waals surface area contributed by atoms with Crippen molar-refractivity contribution >= 4 is 40.7 Å². The smallest absolute Gasteiger partial charge is 0.254 e. The van der Waals surface area contributed by atoms with E-state index >= 15 is 0 Å². The predicted octanol–water partition coefficient (Wildman–Crippen LogP) is 3.26. The number of halogens is 2. The summed E-state index contributed by atoms with van der Waals surface area (Å²) >= 11 is 12.1. The highest BCUT2D eigenvalue weighted by atomic mass is 35.5. The van der Waals surface area contributed by atoms with E-state index in [4.69, 9.17) is 27.9 Å². The molecule has 0 aromatic heterocycles. The molecule has 2 atom stereocenters. The first-order valence-electron chi connectivity index (χ1n) is 12.2. The molecule has 10 heteroatoms. The van der Waals surface area contributed by atoms with Gasteiger partial charge in [-0.15, -0.1) is 0 Å². The first kappa shape index (κ1) is 27.7. The van der Waals surface area contributed by atoms with Crippen LogP contribution in [-0.2, 0) is 22.7 Å². The molecule has 0 radical (unpaired) electrons. The van der Waals surface area contributed by atoms with E-state index in [1.165, 1.54) is 4.90 Å². The molecule has 1 aliphatic heterocycles. The second-order valence-electron chi connectivity index (χ2n) is 8.92. The van der Waals surface area contributed by atoms with Gasteiger partial charge in [0.05, 0.1) is 0 Å². The van der Waals surface area contributed by atoms with Gasteiger partial charge in [-0.05, 0) is 42.0 Å². The van der Waals surface area contributed by atoms with Gasteiger partial charge in [-0.1, -0.05) is 59.6 Å². The van der Waals surface area contributed by atoms with Crippen molar-refractivity contribution in [1.82, 2.24) is 10.2 Å². The lowest BCUT2D eigenvalue weighted by Gasteiger charge is -2.37. The van der Waals surface area contributed by atoms with E-state index < -0.39 is 24.0 Å². The lowest BCUT2D eigenvalue weighted by molar-refractivity contribution is -0.153. The molecule has 4 rings (SSSR count). The second-order valence-corrected chi connectivity index (χ2v) is 9.77. The molecule has 38 heavy (non-hydrogen) atoms. The third-order valence-electron chi connectivity index (χ3n) is 6.33. The van der Waals surface area contributed by atoms with Crippen LogP contribution < -0.4 is 15.0 Å². The maximum Gasteiger partial charge on any atom is 0.254 e. The van der Waals surface area contributed by atoms with Crippen LogP contribution in [0.4, 0.5) is 5.69 Å². The van der Waals surface area contributed by atoms with Crippen LogP contribution in [0.5, 0.6) is 5.75 Å². The van der Waals surface area contributed by atoms with Gasteiger partial charge in [-0.3, -0.25) is 9.59 Å². The quantitative estimate of drug-likeness (QED) is 0.373. The number of hydrogen-bond donors (Lipinski definition) is 3. The Morgan fingerprint density at radius 1 is 0.895 bits per heavy atom. The normalized spacial score (nSPS) is 15.1. The Labute approximate surface area is 231 Å². The molecule has 200 valence electrons. The summed E-state index contributed by atoms with van der Waals surface area (Å²) in [7, 11) is 0. The van der Waals surface area contributed by atoms with E-state index in [0.29, 0.717) is 42.0 Å². The maximum absolute atomic E-state index is 12.7. The molecule has 3 aromatic carbocycles. The van der Waals surface area contributed by atoms with Crippen molar-refractivity contribution in [3.05, 3.63) is 94.0 Å². The van der Waals surface area contributed by atoms with Crippen LogP contribution in [0, 0.1) is 0 Å². The Kier molecular flexibility index (Phi) is 9.47. The minimum atomic E-state index is -1.87. The van der Waals surface area contributed by atoms with Crippen LogP contribution in [-0.4, -0.2) is 65.3 Å². The summed E-state index contributed by atoms with van der Waals surface area (Å²) in [6.07, 6.45) is -3.71. The fourth-order valence-electron chi connectivity index (χ4n) is 4.09. The molecule has 0 spiro atoms. The molecule has 8 nitrogen and oxygen atoms in total. The minimum Gasteiger partial charge on any atom is -0.489 e. The lowest BCUT2D eigenvalue weighted by Crippen LogP contribution is -2.55. The summed E-state index contributed by atoms with van der Waals surface area (Å²) in [6.45, 7) is 2.34. The Balaban J connectivity index is 1.21. The molecule has 1 saturated heterocycles. The molecule has 3 N–H and O–H groups in total.